The molecule has 0 unspecified atom stereocenters. The Morgan fingerprint density at radius 2 is 2.00 bits per heavy atom. The lowest BCUT2D eigenvalue weighted by atomic mass is 10.1. The molecule has 8 heteroatoms. The maximum Gasteiger partial charge on any atom is 0.246 e. The molecule has 168 valence electrons. The van der Waals surface area contributed by atoms with Crippen LogP contribution in [0.25, 0.3) is 0 Å². The molecule has 0 bridgehead atoms. The van der Waals surface area contributed by atoms with Gasteiger partial charge in [0.15, 0.2) is 5.96 Å². The van der Waals surface area contributed by atoms with Crippen LogP contribution in [0.1, 0.15) is 31.9 Å². The van der Waals surface area contributed by atoms with E-state index >= 15 is 0 Å². The molecule has 1 fully saturated rings. The van der Waals surface area contributed by atoms with Gasteiger partial charge in [-0.3, -0.25) is 14.4 Å². The number of anilines is 1. The van der Waals surface area contributed by atoms with Crippen LogP contribution in [-0.4, -0.2) is 70.7 Å². The number of benzene rings is 1. The second-order valence-electron chi connectivity index (χ2n) is 8.29. The van der Waals surface area contributed by atoms with Crippen molar-refractivity contribution in [2.45, 2.75) is 39.9 Å². The highest BCUT2D eigenvalue weighted by Crippen LogP contribution is 2.17. The van der Waals surface area contributed by atoms with Crippen LogP contribution in [0.3, 0.4) is 0 Å². The lowest BCUT2D eigenvalue weighted by Crippen LogP contribution is -2.55. The first-order chi connectivity index (χ1) is 14.9. The van der Waals surface area contributed by atoms with Crippen LogP contribution in [0.2, 0.25) is 0 Å². The number of guanidine groups is 1. The molecule has 0 saturated carbocycles. The number of aliphatic imine (C=N–C) groups is 1. The molecule has 0 radical (unpaired) electrons. The molecular formula is C23H35N7O. The van der Waals surface area contributed by atoms with Crippen molar-refractivity contribution in [1.82, 2.24) is 24.9 Å². The van der Waals surface area contributed by atoms with E-state index in [-0.39, 0.29) is 5.91 Å². The van der Waals surface area contributed by atoms with E-state index in [1.807, 2.05) is 18.1 Å². The van der Waals surface area contributed by atoms with Crippen LogP contribution in [0.15, 0.2) is 41.7 Å². The first-order valence-corrected chi connectivity index (χ1v) is 11.0. The standard InChI is InChI=1S/C23H35N7O/c1-6-24-23(25-13-19-9-7-8-10-20(19)15-27(4)18(2)3)29-11-12-30(22(31)17-29)21-14-26-28(5)16-21/h7-10,14,16,18H,6,11-13,15,17H2,1-5H3,(H,24,25). The Labute approximate surface area is 185 Å². The largest absolute Gasteiger partial charge is 0.356 e. The Morgan fingerprint density at radius 1 is 1.26 bits per heavy atom. The molecular weight excluding hydrogens is 390 g/mol. The summed E-state index contributed by atoms with van der Waals surface area (Å²) in [4.78, 5) is 23.8. The first kappa shape index (κ1) is 22.8. The molecule has 31 heavy (non-hydrogen) atoms. The van der Waals surface area contributed by atoms with Crippen molar-refractivity contribution in [2.24, 2.45) is 12.0 Å². The zero-order valence-electron chi connectivity index (χ0n) is 19.4. The average Bonchev–Trinajstić information content (AvgIpc) is 3.17. The summed E-state index contributed by atoms with van der Waals surface area (Å²) in [6.07, 6.45) is 3.61. The monoisotopic (exact) mass is 425 g/mol. The van der Waals surface area contributed by atoms with Gasteiger partial charge in [0.2, 0.25) is 5.91 Å². The number of carbonyl (C=O) groups excluding carboxylic acids is 1. The highest BCUT2D eigenvalue weighted by Gasteiger charge is 2.27. The Kier molecular flexibility index (Phi) is 7.68. The predicted molar refractivity (Wildman–Crippen MR) is 125 cm³/mol. The second kappa shape index (κ2) is 10.4. The Bertz CT molecular complexity index is 905. The maximum atomic E-state index is 12.8. The summed E-state index contributed by atoms with van der Waals surface area (Å²) in [5.41, 5.74) is 3.35. The van der Waals surface area contributed by atoms with Crippen LogP contribution in [0, 0.1) is 0 Å². The molecule has 1 aliphatic rings. The van der Waals surface area contributed by atoms with Gasteiger partial charge in [0.25, 0.3) is 0 Å². The fourth-order valence-electron chi connectivity index (χ4n) is 3.58. The molecule has 1 aromatic carbocycles. The molecule has 3 rings (SSSR count). The molecule has 1 N–H and O–H groups in total. The van der Waals surface area contributed by atoms with E-state index < -0.39 is 0 Å². The zero-order valence-corrected chi connectivity index (χ0v) is 19.4. The number of hydrogen-bond acceptors (Lipinski definition) is 4. The van der Waals surface area contributed by atoms with Gasteiger partial charge in [0.05, 0.1) is 18.4 Å². The molecule has 8 nitrogen and oxygen atoms in total. The Balaban J connectivity index is 1.71. The summed E-state index contributed by atoms with van der Waals surface area (Å²) in [7, 11) is 4.00. The van der Waals surface area contributed by atoms with Crippen molar-refractivity contribution in [3.05, 3.63) is 47.8 Å². The van der Waals surface area contributed by atoms with E-state index in [9.17, 15) is 4.79 Å². The van der Waals surface area contributed by atoms with Crippen LogP contribution in [-0.2, 0) is 24.9 Å². The van der Waals surface area contributed by atoms with Gasteiger partial charge in [-0.1, -0.05) is 24.3 Å². The van der Waals surface area contributed by atoms with Crippen LogP contribution >= 0.6 is 0 Å². The third-order valence-electron chi connectivity index (χ3n) is 5.68. The number of aryl methyl sites for hydroxylation is 1. The summed E-state index contributed by atoms with van der Waals surface area (Å²) in [6, 6.07) is 8.94. The molecule has 0 atom stereocenters. The molecule has 1 aromatic heterocycles. The molecule has 0 aliphatic carbocycles. The number of nitrogens with zero attached hydrogens (tertiary/aromatic N) is 6. The summed E-state index contributed by atoms with van der Waals surface area (Å²) in [6.45, 7) is 10.3. The normalized spacial score (nSPS) is 15.3. The van der Waals surface area contributed by atoms with Gasteiger partial charge < -0.3 is 15.1 Å². The summed E-state index contributed by atoms with van der Waals surface area (Å²) >= 11 is 0. The lowest BCUT2D eigenvalue weighted by Gasteiger charge is -2.35. The molecule has 0 spiro atoms. The summed E-state index contributed by atoms with van der Waals surface area (Å²) in [5.74, 6) is 0.845. The van der Waals surface area contributed by atoms with Crippen molar-refractivity contribution in [3.63, 3.8) is 0 Å². The minimum Gasteiger partial charge on any atom is -0.356 e. The van der Waals surface area contributed by atoms with Crippen LogP contribution < -0.4 is 10.2 Å². The Hall–Kier alpha value is -2.87. The fraction of sp³-hybridized carbons (Fsp3) is 0.522. The van der Waals surface area contributed by atoms with Gasteiger partial charge in [0, 0.05) is 45.5 Å². The van der Waals surface area contributed by atoms with E-state index in [1.165, 1.54) is 11.1 Å². The van der Waals surface area contributed by atoms with Gasteiger partial charge in [-0.05, 0) is 38.9 Å². The van der Waals surface area contributed by atoms with Gasteiger partial charge in [-0.15, -0.1) is 0 Å². The third kappa shape index (κ3) is 5.85. The average molecular weight is 426 g/mol. The minimum absolute atomic E-state index is 0.0591. The molecule has 2 heterocycles. The van der Waals surface area contributed by atoms with Crippen LogP contribution in [0.5, 0.6) is 0 Å². The topological polar surface area (TPSA) is 69.0 Å². The lowest BCUT2D eigenvalue weighted by molar-refractivity contribution is -0.120. The highest BCUT2D eigenvalue weighted by molar-refractivity contribution is 5.98. The van der Waals surface area contributed by atoms with Crippen molar-refractivity contribution < 1.29 is 4.79 Å². The van der Waals surface area contributed by atoms with Gasteiger partial charge in [-0.2, -0.15) is 5.10 Å². The predicted octanol–water partition coefficient (Wildman–Crippen LogP) is 2.07. The number of nitrogens with one attached hydrogen (secondary N) is 1. The Morgan fingerprint density at radius 3 is 2.61 bits per heavy atom. The smallest absolute Gasteiger partial charge is 0.246 e. The molecule has 1 amide bonds. The van der Waals surface area contributed by atoms with E-state index in [1.54, 1.807) is 15.8 Å². The zero-order chi connectivity index (χ0) is 22.4. The van der Waals surface area contributed by atoms with E-state index in [2.05, 4.69) is 67.4 Å². The fourth-order valence-corrected chi connectivity index (χ4v) is 3.58. The highest BCUT2D eigenvalue weighted by atomic mass is 16.2. The van der Waals surface area contributed by atoms with Gasteiger partial charge in [0.1, 0.15) is 6.54 Å². The number of carbonyl (C=O) groups is 1. The number of hydrogen-bond donors (Lipinski definition) is 1. The summed E-state index contributed by atoms with van der Waals surface area (Å²) in [5, 5.41) is 7.54. The molecule has 2 aromatic rings. The minimum atomic E-state index is 0.0591. The number of aromatic nitrogens is 2. The third-order valence-corrected chi connectivity index (χ3v) is 5.68. The second-order valence-corrected chi connectivity index (χ2v) is 8.29. The van der Waals surface area contributed by atoms with Crippen LogP contribution in [0.4, 0.5) is 5.69 Å². The number of amides is 1. The first-order valence-electron chi connectivity index (χ1n) is 11.0. The SMILES string of the molecule is CCNC(=NCc1ccccc1CN(C)C(C)C)N1CCN(c2cnn(C)c2)C(=O)C1. The number of piperazine rings is 1. The molecule has 1 saturated heterocycles. The van der Waals surface area contributed by atoms with E-state index in [4.69, 9.17) is 4.99 Å². The van der Waals surface area contributed by atoms with Gasteiger partial charge >= 0.3 is 0 Å². The van der Waals surface area contributed by atoms with E-state index in [0.717, 1.165) is 31.3 Å². The molecule has 1 aliphatic heterocycles. The number of rotatable bonds is 7. The maximum absolute atomic E-state index is 12.8. The van der Waals surface area contributed by atoms with E-state index in [0.29, 0.717) is 25.7 Å². The van der Waals surface area contributed by atoms with Crippen molar-refractivity contribution in [3.8, 4) is 0 Å². The van der Waals surface area contributed by atoms with Crippen molar-refractivity contribution in [1.29, 1.82) is 0 Å². The summed E-state index contributed by atoms with van der Waals surface area (Å²) < 4.78 is 1.72. The van der Waals surface area contributed by atoms with Crippen molar-refractivity contribution >= 4 is 17.6 Å². The quantitative estimate of drug-likeness (QED) is 0.543. The van der Waals surface area contributed by atoms with Crippen molar-refractivity contribution in [2.75, 3.05) is 38.1 Å². The van der Waals surface area contributed by atoms with Gasteiger partial charge in [-0.25, -0.2) is 4.99 Å².